The Morgan fingerprint density at radius 2 is 1.89 bits per heavy atom. The molecule has 0 saturated carbocycles. The van der Waals surface area contributed by atoms with Gasteiger partial charge in [0, 0.05) is 19.6 Å². The van der Waals surface area contributed by atoms with Gasteiger partial charge in [-0.05, 0) is 29.8 Å². The Hall–Kier alpha value is -2.93. The minimum Gasteiger partial charge on any atom is -0.378 e. The van der Waals surface area contributed by atoms with E-state index in [9.17, 15) is 9.18 Å². The van der Waals surface area contributed by atoms with Crippen molar-refractivity contribution in [3.05, 3.63) is 66.2 Å². The molecule has 0 radical (unpaired) electrons. The molecule has 27 heavy (non-hydrogen) atoms. The van der Waals surface area contributed by atoms with Gasteiger partial charge < -0.3 is 19.5 Å². The van der Waals surface area contributed by atoms with Crippen LogP contribution < -0.4 is 5.32 Å². The largest absolute Gasteiger partial charge is 0.378 e. The van der Waals surface area contributed by atoms with Crippen molar-refractivity contribution < 1.29 is 13.9 Å². The van der Waals surface area contributed by atoms with Gasteiger partial charge in [0.1, 0.15) is 5.82 Å². The van der Waals surface area contributed by atoms with Crippen LogP contribution in [0.2, 0.25) is 0 Å². The number of hydrogen-bond acceptors (Lipinski definition) is 3. The van der Waals surface area contributed by atoms with E-state index in [2.05, 4.69) is 10.3 Å². The third kappa shape index (κ3) is 3.93. The molecule has 1 aromatic heterocycles. The van der Waals surface area contributed by atoms with Crippen LogP contribution in [0.15, 0.2) is 54.9 Å². The molecule has 2 aromatic carbocycles. The van der Waals surface area contributed by atoms with Crippen molar-refractivity contribution in [2.24, 2.45) is 0 Å². The van der Waals surface area contributed by atoms with Gasteiger partial charge in [-0.25, -0.2) is 14.2 Å². The average Bonchev–Trinajstić information content (AvgIpc) is 3.12. The highest BCUT2D eigenvalue weighted by Gasteiger charge is 2.22. The van der Waals surface area contributed by atoms with Gasteiger partial charge in [-0.3, -0.25) is 0 Å². The van der Waals surface area contributed by atoms with Gasteiger partial charge in [0.25, 0.3) is 0 Å². The van der Waals surface area contributed by atoms with E-state index in [1.165, 1.54) is 12.1 Å². The number of urea groups is 1. The first-order chi connectivity index (χ1) is 13.2. The summed E-state index contributed by atoms with van der Waals surface area (Å²) in [5, 5.41) is 3.09. The highest BCUT2D eigenvalue weighted by atomic mass is 19.1. The summed E-state index contributed by atoms with van der Waals surface area (Å²) in [6.07, 6.45) is 1.77. The van der Waals surface area contributed by atoms with Crippen LogP contribution in [0.5, 0.6) is 0 Å². The molecule has 6 nitrogen and oxygen atoms in total. The zero-order valence-corrected chi connectivity index (χ0v) is 14.8. The normalized spacial score (nSPS) is 15.7. The predicted molar refractivity (Wildman–Crippen MR) is 99.8 cm³/mol. The Morgan fingerprint density at radius 3 is 2.67 bits per heavy atom. The third-order valence-electron chi connectivity index (χ3n) is 4.78. The lowest BCUT2D eigenvalue weighted by Gasteiger charge is -2.29. The summed E-state index contributed by atoms with van der Waals surface area (Å²) in [6, 6.07) is 13.6. The second-order valence-corrected chi connectivity index (χ2v) is 6.54. The lowest BCUT2D eigenvalue weighted by molar-refractivity contribution is 0.0523. The van der Waals surface area contributed by atoms with Crippen molar-refractivity contribution >= 4 is 17.1 Å². The molecule has 1 aliphatic rings. The average molecular weight is 368 g/mol. The Balaban J connectivity index is 1.59. The van der Waals surface area contributed by atoms with Crippen molar-refractivity contribution in [3.8, 4) is 0 Å². The Kier molecular flexibility index (Phi) is 5.02. The molecule has 1 fully saturated rings. The van der Waals surface area contributed by atoms with E-state index in [0.29, 0.717) is 32.8 Å². The maximum Gasteiger partial charge on any atom is 0.318 e. The fourth-order valence-electron chi connectivity index (χ4n) is 3.29. The Labute approximate surface area is 156 Å². The number of carbonyl (C=O) groups excluding carboxylic acids is 1. The van der Waals surface area contributed by atoms with Crippen LogP contribution in [0.25, 0.3) is 11.0 Å². The minimum atomic E-state index is -0.307. The van der Waals surface area contributed by atoms with E-state index in [4.69, 9.17) is 4.74 Å². The van der Waals surface area contributed by atoms with E-state index in [1.54, 1.807) is 23.4 Å². The van der Waals surface area contributed by atoms with E-state index < -0.39 is 0 Å². The van der Waals surface area contributed by atoms with Gasteiger partial charge in [0.05, 0.1) is 36.6 Å². The lowest BCUT2D eigenvalue weighted by atomic mass is 10.1. The molecule has 3 aromatic rings. The molecule has 0 bridgehead atoms. The molecule has 1 N–H and O–H groups in total. The molecule has 2 heterocycles. The van der Waals surface area contributed by atoms with Gasteiger partial charge in [-0.15, -0.1) is 0 Å². The SMILES string of the molecule is O=C(NC(Cn1cnc2ccccc21)c1ccc(F)cc1)N1CCOCC1. The number of hydrogen-bond donors (Lipinski definition) is 1. The summed E-state index contributed by atoms with van der Waals surface area (Å²) < 4.78 is 20.7. The summed E-state index contributed by atoms with van der Waals surface area (Å²) in [4.78, 5) is 18.9. The Morgan fingerprint density at radius 1 is 1.15 bits per heavy atom. The quantitative estimate of drug-likeness (QED) is 0.770. The molecule has 1 atom stereocenters. The topological polar surface area (TPSA) is 59.4 Å². The molecular formula is C20H21FN4O2. The highest BCUT2D eigenvalue weighted by Crippen LogP contribution is 2.20. The van der Waals surface area contributed by atoms with Gasteiger partial charge in [-0.1, -0.05) is 24.3 Å². The number of carbonyl (C=O) groups is 1. The summed E-state index contributed by atoms with van der Waals surface area (Å²) in [5.41, 5.74) is 2.73. The van der Waals surface area contributed by atoms with Crippen molar-refractivity contribution in [2.45, 2.75) is 12.6 Å². The van der Waals surface area contributed by atoms with Crippen molar-refractivity contribution in [3.63, 3.8) is 0 Å². The number of rotatable bonds is 4. The van der Waals surface area contributed by atoms with Crippen LogP contribution in [0, 0.1) is 5.82 Å². The molecule has 1 unspecified atom stereocenters. The summed E-state index contributed by atoms with van der Waals surface area (Å²) >= 11 is 0. The zero-order valence-electron chi connectivity index (χ0n) is 14.8. The predicted octanol–water partition coefficient (Wildman–Crippen LogP) is 2.96. The highest BCUT2D eigenvalue weighted by molar-refractivity contribution is 5.76. The molecule has 2 amide bonds. The van der Waals surface area contributed by atoms with E-state index in [1.807, 2.05) is 28.8 Å². The molecule has 0 spiro atoms. The first-order valence-corrected chi connectivity index (χ1v) is 8.99. The van der Waals surface area contributed by atoms with Gasteiger partial charge in [0.15, 0.2) is 0 Å². The number of aromatic nitrogens is 2. The molecule has 4 rings (SSSR count). The summed E-state index contributed by atoms with van der Waals surface area (Å²) in [6.45, 7) is 2.72. The number of nitrogens with zero attached hydrogens (tertiary/aromatic N) is 3. The van der Waals surface area contributed by atoms with Crippen LogP contribution in [-0.4, -0.2) is 46.8 Å². The lowest BCUT2D eigenvalue weighted by Crippen LogP contribution is -2.47. The fraction of sp³-hybridized carbons (Fsp3) is 0.300. The molecular weight excluding hydrogens is 347 g/mol. The number of halogens is 1. The van der Waals surface area contributed by atoms with Crippen molar-refractivity contribution in [1.29, 1.82) is 0 Å². The van der Waals surface area contributed by atoms with Crippen molar-refractivity contribution in [2.75, 3.05) is 26.3 Å². The van der Waals surface area contributed by atoms with Gasteiger partial charge >= 0.3 is 6.03 Å². The number of morpholine rings is 1. The van der Waals surface area contributed by atoms with E-state index in [0.717, 1.165) is 16.6 Å². The van der Waals surface area contributed by atoms with Crippen LogP contribution in [0.4, 0.5) is 9.18 Å². The fourth-order valence-corrected chi connectivity index (χ4v) is 3.29. The van der Waals surface area contributed by atoms with Crippen LogP contribution in [-0.2, 0) is 11.3 Å². The maximum absolute atomic E-state index is 13.4. The van der Waals surface area contributed by atoms with Crippen molar-refractivity contribution in [1.82, 2.24) is 19.8 Å². The summed E-state index contributed by atoms with van der Waals surface area (Å²) in [5.74, 6) is -0.301. The standard InChI is InChI=1S/C20H21FN4O2/c21-16-7-5-15(6-8-16)18(23-20(26)24-9-11-27-12-10-24)13-25-14-22-17-3-1-2-4-19(17)25/h1-8,14,18H,9-13H2,(H,23,26). The smallest absolute Gasteiger partial charge is 0.318 e. The van der Waals surface area contributed by atoms with Crippen LogP contribution in [0.3, 0.4) is 0 Å². The molecule has 1 aliphatic heterocycles. The molecule has 7 heteroatoms. The van der Waals surface area contributed by atoms with Crippen LogP contribution in [0.1, 0.15) is 11.6 Å². The number of para-hydroxylation sites is 2. The number of fused-ring (bicyclic) bond motifs is 1. The van der Waals surface area contributed by atoms with E-state index >= 15 is 0 Å². The second-order valence-electron chi connectivity index (χ2n) is 6.54. The zero-order chi connectivity index (χ0) is 18.6. The maximum atomic E-state index is 13.4. The summed E-state index contributed by atoms with van der Waals surface area (Å²) in [7, 11) is 0. The first kappa shape index (κ1) is 17.5. The third-order valence-corrected chi connectivity index (χ3v) is 4.78. The van der Waals surface area contributed by atoms with Gasteiger partial charge in [-0.2, -0.15) is 0 Å². The first-order valence-electron chi connectivity index (χ1n) is 8.99. The number of nitrogens with one attached hydrogen (secondary N) is 1. The molecule has 1 saturated heterocycles. The monoisotopic (exact) mass is 368 g/mol. The number of imidazole rings is 1. The number of ether oxygens (including phenoxy) is 1. The molecule has 140 valence electrons. The molecule has 0 aliphatic carbocycles. The van der Waals surface area contributed by atoms with E-state index in [-0.39, 0.29) is 17.9 Å². The minimum absolute atomic E-state index is 0.142. The van der Waals surface area contributed by atoms with Gasteiger partial charge in [0.2, 0.25) is 0 Å². The number of amides is 2. The van der Waals surface area contributed by atoms with Crippen LogP contribution >= 0.6 is 0 Å². The second kappa shape index (κ2) is 7.75. The number of benzene rings is 2. The Bertz CT molecular complexity index is 919.